The van der Waals surface area contributed by atoms with E-state index in [4.69, 9.17) is 0 Å². The number of para-hydroxylation sites is 1. The monoisotopic (exact) mass is 427 g/mol. The van der Waals surface area contributed by atoms with E-state index in [1.54, 1.807) is 11.0 Å². The first-order chi connectivity index (χ1) is 15.6. The standard InChI is InChI=1S/C26H25N3O3/c1-2-14-27-19-12-7-6-11-18(19)26(25(27)32)22-21(20-13-8-15-29(20)26)23(30)28(24(22)31)16-17-9-4-3-5-10-17/h2-7,9-12,20-22H,1,8,13-16H2/t20-,21+,22-,26-/m0/s1. The molecule has 32 heavy (non-hydrogen) atoms. The smallest absolute Gasteiger partial charge is 0.253 e. The first-order valence-corrected chi connectivity index (χ1v) is 11.3. The molecule has 4 atom stereocenters. The number of benzene rings is 2. The summed E-state index contributed by atoms with van der Waals surface area (Å²) in [6, 6.07) is 17.2. The molecule has 2 aromatic carbocycles. The van der Waals surface area contributed by atoms with Gasteiger partial charge < -0.3 is 4.90 Å². The average molecular weight is 428 g/mol. The van der Waals surface area contributed by atoms with Gasteiger partial charge in [0, 0.05) is 23.8 Å². The van der Waals surface area contributed by atoms with E-state index in [1.807, 2.05) is 54.6 Å². The summed E-state index contributed by atoms with van der Waals surface area (Å²) in [6.07, 6.45) is 3.47. The van der Waals surface area contributed by atoms with Crippen LogP contribution in [-0.4, -0.2) is 46.7 Å². The first kappa shape index (κ1) is 19.4. The van der Waals surface area contributed by atoms with Crippen LogP contribution in [-0.2, 0) is 26.5 Å². The van der Waals surface area contributed by atoms with Crippen molar-refractivity contribution >= 4 is 23.4 Å². The van der Waals surface area contributed by atoms with E-state index >= 15 is 0 Å². The fraction of sp³-hybridized carbons (Fsp3) is 0.346. The fourth-order valence-electron chi connectivity index (χ4n) is 6.63. The molecule has 6 nitrogen and oxygen atoms in total. The van der Waals surface area contributed by atoms with Gasteiger partial charge in [-0.15, -0.1) is 6.58 Å². The molecule has 0 aliphatic carbocycles. The quantitative estimate of drug-likeness (QED) is 0.556. The number of nitrogens with zero attached hydrogens (tertiary/aromatic N) is 3. The molecule has 3 fully saturated rings. The van der Waals surface area contributed by atoms with Gasteiger partial charge in [-0.3, -0.25) is 24.2 Å². The predicted octanol–water partition coefficient (Wildman–Crippen LogP) is 2.69. The Morgan fingerprint density at radius 2 is 1.72 bits per heavy atom. The van der Waals surface area contributed by atoms with Crippen LogP contribution < -0.4 is 4.90 Å². The van der Waals surface area contributed by atoms with Crippen molar-refractivity contribution in [3.8, 4) is 0 Å². The van der Waals surface area contributed by atoms with Gasteiger partial charge in [0.25, 0.3) is 5.91 Å². The molecule has 162 valence electrons. The lowest BCUT2D eigenvalue weighted by molar-refractivity contribution is -0.146. The SMILES string of the molecule is C=CCN1C(=O)[C@]2(c3ccccc31)[C@@H]1C(=O)N(Cc3ccccc3)C(=O)[C@@H]1[C@@H]1CCCN12. The zero-order valence-corrected chi connectivity index (χ0v) is 17.8. The third-order valence-electron chi connectivity index (χ3n) is 7.73. The van der Waals surface area contributed by atoms with Gasteiger partial charge in [-0.25, -0.2) is 0 Å². The van der Waals surface area contributed by atoms with Crippen molar-refractivity contribution in [1.29, 1.82) is 0 Å². The normalized spacial score (nSPS) is 30.9. The molecular formula is C26H25N3O3. The molecule has 0 unspecified atom stereocenters. The number of likely N-dealkylation sites (tertiary alicyclic amines) is 1. The van der Waals surface area contributed by atoms with Crippen molar-refractivity contribution in [2.75, 3.05) is 18.0 Å². The Hall–Kier alpha value is -3.25. The van der Waals surface area contributed by atoms with Crippen LogP contribution >= 0.6 is 0 Å². The third kappa shape index (κ3) is 2.25. The number of amides is 3. The van der Waals surface area contributed by atoms with Gasteiger partial charge in [0.1, 0.15) is 5.54 Å². The van der Waals surface area contributed by atoms with Gasteiger partial charge in [-0.2, -0.15) is 0 Å². The summed E-state index contributed by atoms with van der Waals surface area (Å²) < 4.78 is 0. The molecule has 4 heterocycles. The minimum atomic E-state index is -1.11. The Bertz CT molecular complexity index is 1150. The second-order valence-electron chi connectivity index (χ2n) is 9.14. The number of imide groups is 1. The molecule has 0 aromatic heterocycles. The summed E-state index contributed by atoms with van der Waals surface area (Å²) in [5, 5.41) is 0. The molecule has 0 bridgehead atoms. The van der Waals surface area contributed by atoms with Crippen LogP contribution in [0.5, 0.6) is 0 Å². The maximum Gasteiger partial charge on any atom is 0.253 e. The first-order valence-electron chi connectivity index (χ1n) is 11.3. The van der Waals surface area contributed by atoms with E-state index in [2.05, 4.69) is 11.5 Å². The summed E-state index contributed by atoms with van der Waals surface area (Å²) in [4.78, 5) is 47.0. The third-order valence-corrected chi connectivity index (χ3v) is 7.73. The zero-order valence-electron chi connectivity index (χ0n) is 17.8. The molecule has 3 amide bonds. The van der Waals surface area contributed by atoms with E-state index in [1.165, 1.54) is 4.90 Å². The van der Waals surface area contributed by atoms with Crippen LogP contribution in [0.1, 0.15) is 24.0 Å². The molecule has 3 saturated heterocycles. The van der Waals surface area contributed by atoms with Crippen molar-refractivity contribution in [2.45, 2.75) is 31.0 Å². The minimum absolute atomic E-state index is 0.0853. The summed E-state index contributed by atoms with van der Waals surface area (Å²) in [6.45, 7) is 5.18. The van der Waals surface area contributed by atoms with Crippen LogP contribution in [0, 0.1) is 11.8 Å². The topological polar surface area (TPSA) is 60.9 Å². The van der Waals surface area contributed by atoms with Crippen molar-refractivity contribution in [3.63, 3.8) is 0 Å². The van der Waals surface area contributed by atoms with Crippen LogP contribution in [0.2, 0.25) is 0 Å². The molecule has 4 aliphatic heterocycles. The fourth-order valence-corrected chi connectivity index (χ4v) is 6.63. The molecule has 1 spiro atoms. The Morgan fingerprint density at radius 3 is 2.50 bits per heavy atom. The van der Waals surface area contributed by atoms with Gasteiger partial charge in [0.05, 0.1) is 18.4 Å². The summed E-state index contributed by atoms with van der Waals surface area (Å²) in [5.41, 5.74) is 1.49. The van der Waals surface area contributed by atoms with E-state index in [-0.39, 0.29) is 30.3 Å². The lowest BCUT2D eigenvalue weighted by Gasteiger charge is -2.37. The van der Waals surface area contributed by atoms with Gasteiger partial charge in [-0.05, 0) is 31.0 Å². The molecule has 0 N–H and O–H groups in total. The van der Waals surface area contributed by atoms with Crippen LogP contribution in [0.4, 0.5) is 5.69 Å². The van der Waals surface area contributed by atoms with E-state index in [9.17, 15) is 14.4 Å². The zero-order chi connectivity index (χ0) is 22.0. The number of hydrogen-bond donors (Lipinski definition) is 0. The highest BCUT2D eigenvalue weighted by Crippen LogP contribution is 2.61. The van der Waals surface area contributed by atoms with Gasteiger partial charge in [0.2, 0.25) is 11.8 Å². The van der Waals surface area contributed by atoms with Crippen molar-refractivity contribution in [3.05, 3.63) is 78.4 Å². The van der Waals surface area contributed by atoms with Crippen molar-refractivity contribution in [2.24, 2.45) is 11.8 Å². The number of fused-ring (bicyclic) bond motifs is 7. The minimum Gasteiger partial charge on any atom is -0.306 e. The summed E-state index contributed by atoms with van der Waals surface area (Å²) >= 11 is 0. The highest BCUT2D eigenvalue weighted by molar-refractivity contribution is 6.16. The lowest BCUT2D eigenvalue weighted by Crippen LogP contribution is -2.55. The Kier molecular flexibility index (Phi) is 4.17. The molecular weight excluding hydrogens is 402 g/mol. The second kappa shape index (κ2) is 6.87. The van der Waals surface area contributed by atoms with Crippen LogP contribution in [0.15, 0.2) is 67.3 Å². The number of hydrogen-bond acceptors (Lipinski definition) is 4. The predicted molar refractivity (Wildman–Crippen MR) is 119 cm³/mol. The van der Waals surface area contributed by atoms with Gasteiger partial charge in [-0.1, -0.05) is 54.6 Å². The van der Waals surface area contributed by atoms with E-state index < -0.39 is 17.4 Å². The Morgan fingerprint density at radius 1 is 0.969 bits per heavy atom. The maximum atomic E-state index is 14.1. The molecule has 4 aliphatic rings. The largest absolute Gasteiger partial charge is 0.306 e. The van der Waals surface area contributed by atoms with Crippen molar-refractivity contribution in [1.82, 2.24) is 9.80 Å². The highest BCUT2D eigenvalue weighted by atomic mass is 16.2. The molecule has 0 radical (unpaired) electrons. The molecule has 6 rings (SSSR count). The summed E-state index contributed by atoms with van der Waals surface area (Å²) in [5.74, 6) is -1.62. The number of carbonyl (C=O) groups excluding carboxylic acids is 3. The van der Waals surface area contributed by atoms with Gasteiger partial charge >= 0.3 is 0 Å². The van der Waals surface area contributed by atoms with Crippen LogP contribution in [0.25, 0.3) is 0 Å². The van der Waals surface area contributed by atoms with Gasteiger partial charge in [0.15, 0.2) is 0 Å². The maximum absolute atomic E-state index is 14.1. The number of carbonyl (C=O) groups is 3. The summed E-state index contributed by atoms with van der Waals surface area (Å²) in [7, 11) is 0. The Labute approximate surface area is 187 Å². The number of anilines is 1. The van der Waals surface area contributed by atoms with E-state index in [0.717, 1.165) is 36.2 Å². The number of rotatable bonds is 4. The lowest BCUT2D eigenvalue weighted by atomic mass is 9.75. The highest BCUT2D eigenvalue weighted by Gasteiger charge is 2.75. The second-order valence-corrected chi connectivity index (χ2v) is 9.14. The van der Waals surface area contributed by atoms with E-state index in [0.29, 0.717) is 6.54 Å². The Balaban J connectivity index is 1.51. The van der Waals surface area contributed by atoms with Crippen molar-refractivity contribution < 1.29 is 14.4 Å². The van der Waals surface area contributed by atoms with Crippen LogP contribution in [0.3, 0.4) is 0 Å². The molecule has 6 heteroatoms. The molecule has 2 aromatic rings. The average Bonchev–Trinajstić information content (AvgIpc) is 3.51. The molecule has 0 saturated carbocycles.